The molecule has 2 atom stereocenters. The van der Waals surface area contributed by atoms with Crippen molar-refractivity contribution in [2.45, 2.75) is 31.8 Å². The molecule has 1 aromatic heterocycles. The number of fused-ring (bicyclic) bond motifs is 1. The zero-order valence-corrected chi connectivity index (χ0v) is 15.7. The summed E-state index contributed by atoms with van der Waals surface area (Å²) in [5, 5.41) is 11.0. The normalized spacial score (nSPS) is 20.4. The monoisotopic (exact) mass is 383 g/mol. The maximum atomic E-state index is 14.1. The van der Waals surface area contributed by atoms with Gasteiger partial charge in [0.15, 0.2) is 0 Å². The largest absolute Gasteiger partial charge is 0.487 e. The predicted molar refractivity (Wildman–Crippen MR) is 102 cm³/mol. The van der Waals surface area contributed by atoms with E-state index in [-0.39, 0.29) is 23.7 Å². The molecule has 2 heterocycles. The molecule has 2 aliphatic rings. The van der Waals surface area contributed by atoms with Crippen LogP contribution in [0.15, 0.2) is 36.4 Å². The number of carbonyl (C=O) groups excluding carboxylic acids is 1. The molecule has 0 radical (unpaired) electrons. The Bertz CT molecular complexity index is 899. The average molecular weight is 383 g/mol. The van der Waals surface area contributed by atoms with Gasteiger partial charge in [0, 0.05) is 29.5 Å². The van der Waals surface area contributed by atoms with Crippen molar-refractivity contribution in [3.8, 4) is 22.9 Å². The Morgan fingerprint density at radius 1 is 1.32 bits per heavy atom. The number of aromatic nitrogens is 2. The van der Waals surface area contributed by atoms with Crippen LogP contribution < -0.4 is 14.8 Å². The number of ether oxygens (including phenoxy) is 2. The van der Waals surface area contributed by atoms with Gasteiger partial charge in [0.05, 0.1) is 19.3 Å². The highest BCUT2D eigenvalue weighted by atomic mass is 19.1. The first-order valence-electron chi connectivity index (χ1n) is 9.44. The topological polar surface area (TPSA) is 73.3 Å². The molecule has 28 heavy (non-hydrogen) atoms. The Kier molecular flexibility index (Phi) is 5.23. The zero-order valence-electron chi connectivity index (χ0n) is 15.7. The van der Waals surface area contributed by atoms with E-state index in [0.717, 1.165) is 24.8 Å². The third-order valence-electron chi connectivity index (χ3n) is 5.13. The van der Waals surface area contributed by atoms with Crippen molar-refractivity contribution >= 4 is 5.91 Å². The fourth-order valence-electron chi connectivity index (χ4n) is 3.66. The molecule has 6 nitrogen and oxygen atoms in total. The number of amides is 1. The molecule has 1 N–H and O–H groups in total. The maximum Gasteiger partial charge on any atom is 0.233 e. The Morgan fingerprint density at radius 3 is 2.93 bits per heavy atom. The van der Waals surface area contributed by atoms with Gasteiger partial charge in [0.25, 0.3) is 0 Å². The van der Waals surface area contributed by atoms with Crippen molar-refractivity contribution in [1.29, 1.82) is 0 Å². The number of hydrogen-bond donors (Lipinski definition) is 1. The van der Waals surface area contributed by atoms with E-state index in [1.54, 1.807) is 12.1 Å². The molecule has 7 heteroatoms. The summed E-state index contributed by atoms with van der Waals surface area (Å²) < 4.78 is 25.2. The van der Waals surface area contributed by atoms with E-state index >= 15 is 0 Å². The van der Waals surface area contributed by atoms with Gasteiger partial charge in [0.2, 0.25) is 11.8 Å². The van der Waals surface area contributed by atoms with Crippen LogP contribution in [0.5, 0.6) is 11.6 Å². The molecule has 1 aliphatic carbocycles. The van der Waals surface area contributed by atoms with E-state index in [1.807, 2.05) is 0 Å². The fraction of sp³-hybridized carbons (Fsp3) is 0.381. The van der Waals surface area contributed by atoms with Gasteiger partial charge in [0.1, 0.15) is 17.7 Å². The van der Waals surface area contributed by atoms with E-state index in [4.69, 9.17) is 9.47 Å². The SMILES string of the molecule is COc1ccc(-c2cc(F)cc3c2O[C@H](CNC(=O)[C@H]2CC=CCC2)C3)nn1. The van der Waals surface area contributed by atoms with Crippen LogP contribution in [0.1, 0.15) is 24.8 Å². The number of carbonyl (C=O) groups is 1. The van der Waals surface area contributed by atoms with E-state index in [0.29, 0.717) is 35.9 Å². The van der Waals surface area contributed by atoms with Crippen LogP contribution in [-0.4, -0.2) is 35.9 Å². The lowest BCUT2D eigenvalue weighted by atomic mass is 9.93. The van der Waals surface area contributed by atoms with E-state index in [9.17, 15) is 9.18 Å². The summed E-state index contributed by atoms with van der Waals surface area (Å²) >= 11 is 0. The molecule has 0 fully saturated rings. The van der Waals surface area contributed by atoms with Crippen molar-refractivity contribution < 1.29 is 18.7 Å². The second-order valence-corrected chi connectivity index (χ2v) is 7.07. The molecule has 1 aliphatic heterocycles. The highest BCUT2D eigenvalue weighted by Gasteiger charge is 2.29. The summed E-state index contributed by atoms with van der Waals surface area (Å²) in [6.45, 7) is 0.392. The number of hydrogen-bond acceptors (Lipinski definition) is 5. The van der Waals surface area contributed by atoms with Gasteiger partial charge < -0.3 is 14.8 Å². The van der Waals surface area contributed by atoms with E-state index < -0.39 is 0 Å². The minimum absolute atomic E-state index is 0.0244. The fourth-order valence-corrected chi connectivity index (χ4v) is 3.66. The standard InChI is InChI=1S/C21H22FN3O3/c1-27-19-8-7-18(24-25-19)17-11-15(22)9-14-10-16(28-20(14)17)12-23-21(26)13-5-3-2-4-6-13/h2-3,7-9,11,13,16H,4-6,10,12H2,1H3,(H,23,26)/t13-,16-/m0/s1. The van der Waals surface area contributed by atoms with E-state index in [2.05, 4.69) is 27.7 Å². The van der Waals surface area contributed by atoms with Crippen LogP contribution in [0, 0.1) is 11.7 Å². The van der Waals surface area contributed by atoms with Crippen LogP contribution in [-0.2, 0) is 11.2 Å². The highest BCUT2D eigenvalue weighted by Crippen LogP contribution is 2.39. The molecular formula is C21H22FN3O3. The van der Waals surface area contributed by atoms with Gasteiger partial charge in [-0.3, -0.25) is 4.79 Å². The molecule has 1 amide bonds. The smallest absolute Gasteiger partial charge is 0.233 e. The number of halogens is 1. The molecule has 0 spiro atoms. The summed E-state index contributed by atoms with van der Waals surface area (Å²) in [5.74, 6) is 0.706. The summed E-state index contributed by atoms with van der Waals surface area (Å²) in [5.41, 5.74) is 1.83. The number of nitrogens with one attached hydrogen (secondary N) is 1. The molecule has 2 aromatic rings. The van der Waals surface area contributed by atoms with Crippen LogP contribution in [0.3, 0.4) is 0 Å². The third-order valence-corrected chi connectivity index (χ3v) is 5.13. The van der Waals surface area contributed by atoms with Crippen molar-refractivity contribution in [1.82, 2.24) is 15.5 Å². The number of allylic oxidation sites excluding steroid dienone is 2. The first-order chi connectivity index (χ1) is 13.6. The number of benzene rings is 1. The second-order valence-electron chi connectivity index (χ2n) is 7.07. The molecule has 0 saturated heterocycles. The minimum Gasteiger partial charge on any atom is -0.487 e. The first kappa shape index (κ1) is 18.4. The molecule has 146 valence electrons. The van der Waals surface area contributed by atoms with Crippen LogP contribution in [0.2, 0.25) is 0 Å². The van der Waals surface area contributed by atoms with Crippen LogP contribution in [0.4, 0.5) is 4.39 Å². The lowest BCUT2D eigenvalue weighted by Gasteiger charge is -2.19. The van der Waals surface area contributed by atoms with Crippen LogP contribution in [0.25, 0.3) is 11.3 Å². The molecule has 0 unspecified atom stereocenters. The lowest BCUT2D eigenvalue weighted by molar-refractivity contribution is -0.125. The summed E-state index contributed by atoms with van der Waals surface area (Å²) in [6, 6.07) is 6.26. The van der Waals surface area contributed by atoms with Crippen molar-refractivity contribution in [2.75, 3.05) is 13.7 Å². The van der Waals surface area contributed by atoms with Gasteiger partial charge in [-0.1, -0.05) is 12.2 Å². The lowest BCUT2D eigenvalue weighted by Crippen LogP contribution is -2.38. The van der Waals surface area contributed by atoms with Gasteiger partial charge in [-0.15, -0.1) is 10.2 Å². The number of methoxy groups -OCH3 is 1. The van der Waals surface area contributed by atoms with E-state index in [1.165, 1.54) is 19.2 Å². The Balaban J connectivity index is 1.46. The van der Waals surface area contributed by atoms with Crippen molar-refractivity contribution in [3.63, 3.8) is 0 Å². The molecule has 4 rings (SSSR count). The minimum atomic E-state index is -0.353. The molecule has 0 saturated carbocycles. The predicted octanol–water partition coefficient (Wildman–Crippen LogP) is 3.07. The number of nitrogens with zero attached hydrogens (tertiary/aromatic N) is 2. The quantitative estimate of drug-likeness (QED) is 0.804. The Labute approximate surface area is 162 Å². The molecule has 1 aromatic carbocycles. The second kappa shape index (κ2) is 7.96. The summed E-state index contributed by atoms with van der Waals surface area (Å²) in [4.78, 5) is 12.3. The molecule has 0 bridgehead atoms. The number of rotatable bonds is 5. The van der Waals surface area contributed by atoms with Gasteiger partial charge in [-0.05, 0) is 37.5 Å². The first-order valence-corrected chi connectivity index (χ1v) is 9.44. The highest BCUT2D eigenvalue weighted by molar-refractivity contribution is 5.79. The average Bonchev–Trinajstić information content (AvgIpc) is 3.15. The van der Waals surface area contributed by atoms with Gasteiger partial charge in [-0.2, -0.15) is 0 Å². The maximum absolute atomic E-state index is 14.1. The third kappa shape index (κ3) is 3.83. The van der Waals surface area contributed by atoms with Crippen molar-refractivity contribution in [3.05, 3.63) is 47.8 Å². The molecular weight excluding hydrogens is 361 g/mol. The summed E-state index contributed by atoms with van der Waals surface area (Å²) in [6.07, 6.45) is 7.07. The Morgan fingerprint density at radius 2 is 2.21 bits per heavy atom. The van der Waals surface area contributed by atoms with Crippen LogP contribution >= 0.6 is 0 Å². The zero-order chi connectivity index (χ0) is 19.5. The van der Waals surface area contributed by atoms with Gasteiger partial charge in [-0.25, -0.2) is 4.39 Å². The van der Waals surface area contributed by atoms with Crippen molar-refractivity contribution in [2.24, 2.45) is 5.92 Å². The Hall–Kier alpha value is -2.96. The van der Waals surface area contributed by atoms with Gasteiger partial charge >= 0.3 is 0 Å². The summed E-state index contributed by atoms with van der Waals surface area (Å²) in [7, 11) is 1.51.